The maximum Gasteiger partial charge on any atom is 0.413 e. The summed E-state index contributed by atoms with van der Waals surface area (Å²) < 4.78 is 10.1. The van der Waals surface area contributed by atoms with Gasteiger partial charge in [0, 0.05) is 11.8 Å². The quantitative estimate of drug-likeness (QED) is 0.592. The molecule has 28 heavy (non-hydrogen) atoms. The number of aliphatic hydroxyl groups is 1. The minimum Gasteiger partial charge on any atom is -0.480 e. The normalized spacial score (nSPS) is 13.8. The lowest BCUT2D eigenvalue weighted by molar-refractivity contribution is -0.142. The van der Waals surface area contributed by atoms with Gasteiger partial charge in [-0.3, -0.25) is 5.32 Å². The Morgan fingerprint density at radius 2 is 1.54 bits per heavy atom. The highest BCUT2D eigenvalue weighted by atomic mass is 16.6. The smallest absolute Gasteiger partial charge is 0.413 e. The first kappa shape index (κ1) is 23.2. The Morgan fingerprint density at radius 3 is 1.96 bits per heavy atom. The number of ether oxygens (including phenoxy) is 2. The van der Waals surface area contributed by atoms with Crippen LogP contribution in [-0.2, 0) is 14.3 Å². The Labute approximate surface area is 163 Å². The predicted octanol–water partition coefficient (Wildman–Crippen LogP) is 2.44. The summed E-state index contributed by atoms with van der Waals surface area (Å²) in [5.41, 5.74) is -1.38. The van der Waals surface area contributed by atoms with E-state index in [0.717, 1.165) is 0 Å². The van der Waals surface area contributed by atoms with Crippen molar-refractivity contribution < 1.29 is 34.1 Å². The van der Waals surface area contributed by atoms with Crippen LogP contribution in [0.3, 0.4) is 0 Å². The number of nitrogens with zero attached hydrogens (tertiary/aromatic N) is 1. The Kier molecular flexibility index (Phi) is 7.34. The van der Waals surface area contributed by atoms with E-state index in [1.54, 1.807) is 41.5 Å². The molecule has 1 aromatic heterocycles. The summed E-state index contributed by atoms with van der Waals surface area (Å²) in [5, 5.41) is 24.2. The topological polar surface area (TPSA) is 147 Å². The van der Waals surface area contributed by atoms with Crippen molar-refractivity contribution in [1.82, 2.24) is 10.3 Å². The molecule has 0 aliphatic rings. The lowest BCUT2D eigenvalue weighted by Gasteiger charge is -2.24. The van der Waals surface area contributed by atoms with Gasteiger partial charge in [0.15, 0.2) is 6.04 Å². The van der Waals surface area contributed by atoms with Crippen molar-refractivity contribution in [2.24, 2.45) is 0 Å². The summed E-state index contributed by atoms with van der Waals surface area (Å²) in [6.07, 6.45) is -2.09. The van der Waals surface area contributed by atoms with E-state index in [9.17, 15) is 24.6 Å². The third-order valence-electron chi connectivity index (χ3n) is 3.01. The number of alkyl carbamates (subject to hydrolysis) is 1. The summed E-state index contributed by atoms with van der Waals surface area (Å²) in [6, 6.07) is 1.09. The fourth-order valence-electron chi connectivity index (χ4n) is 1.97. The molecule has 2 unspecified atom stereocenters. The highest BCUT2D eigenvalue weighted by Crippen LogP contribution is 2.19. The first-order chi connectivity index (χ1) is 12.7. The number of aliphatic hydroxyl groups excluding tert-OH is 1. The molecule has 2 amide bonds. The number of carbonyl (C=O) groups is 3. The zero-order chi connectivity index (χ0) is 21.7. The highest BCUT2D eigenvalue weighted by Gasteiger charge is 2.31. The molecular weight excluding hydrogens is 370 g/mol. The van der Waals surface area contributed by atoms with Gasteiger partial charge >= 0.3 is 18.2 Å². The second kappa shape index (κ2) is 8.87. The van der Waals surface area contributed by atoms with Gasteiger partial charge < -0.3 is 25.0 Å². The maximum atomic E-state index is 11.8. The van der Waals surface area contributed by atoms with E-state index >= 15 is 0 Å². The van der Waals surface area contributed by atoms with Gasteiger partial charge in [-0.15, -0.1) is 0 Å². The van der Waals surface area contributed by atoms with E-state index in [1.807, 2.05) is 0 Å². The van der Waals surface area contributed by atoms with Gasteiger partial charge in [0.25, 0.3) is 0 Å². The van der Waals surface area contributed by atoms with Crippen molar-refractivity contribution in [3.05, 3.63) is 23.9 Å². The molecule has 0 spiro atoms. The van der Waals surface area contributed by atoms with Crippen LogP contribution >= 0.6 is 0 Å². The van der Waals surface area contributed by atoms with Crippen molar-refractivity contribution in [2.75, 3.05) is 5.32 Å². The summed E-state index contributed by atoms with van der Waals surface area (Å²) in [7, 11) is 0. The average Bonchev–Trinajstić information content (AvgIpc) is 2.48. The number of hydrogen-bond donors (Lipinski definition) is 4. The minimum absolute atomic E-state index is 0.123. The van der Waals surface area contributed by atoms with Gasteiger partial charge in [-0.1, -0.05) is 6.07 Å². The summed E-state index contributed by atoms with van der Waals surface area (Å²) in [5.74, 6) is -1.30. The van der Waals surface area contributed by atoms with Gasteiger partial charge in [0.1, 0.15) is 23.1 Å². The van der Waals surface area contributed by atoms with E-state index < -0.39 is 41.5 Å². The molecule has 1 heterocycles. The minimum atomic E-state index is -1.65. The first-order valence-corrected chi connectivity index (χ1v) is 8.54. The number of anilines is 1. The van der Waals surface area contributed by atoms with Crippen molar-refractivity contribution in [3.8, 4) is 0 Å². The Morgan fingerprint density at radius 1 is 1.00 bits per heavy atom. The van der Waals surface area contributed by atoms with Gasteiger partial charge in [-0.05, 0) is 47.6 Å². The fraction of sp³-hybridized carbons (Fsp3) is 0.556. The third-order valence-corrected chi connectivity index (χ3v) is 3.01. The van der Waals surface area contributed by atoms with Crippen molar-refractivity contribution in [3.63, 3.8) is 0 Å². The number of pyridine rings is 1. The van der Waals surface area contributed by atoms with E-state index in [4.69, 9.17) is 9.47 Å². The molecule has 0 bridgehead atoms. The monoisotopic (exact) mass is 397 g/mol. The standard InChI is InChI=1S/C18H27N3O7/c1-17(2,3)27-15(25)20-11-8-7-10(9-19-11)13(22)12(14(23)24)21-16(26)28-18(4,5)6/h7-9,12-13,22H,1-6H3,(H,21,26)(H,23,24)(H,19,20,25). The Balaban J connectivity index is 2.82. The molecule has 0 aromatic carbocycles. The van der Waals surface area contributed by atoms with E-state index in [-0.39, 0.29) is 11.4 Å². The van der Waals surface area contributed by atoms with E-state index in [2.05, 4.69) is 15.6 Å². The zero-order valence-electron chi connectivity index (χ0n) is 16.8. The molecule has 4 N–H and O–H groups in total. The number of carboxylic acids is 1. The lowest BCUT2D eigenvalue weighted by atomic mass is 10.0. The number of carboxylic acid groups (broad SMARTS) is 1. The molecule has 2 atom stereocenters. The molecule has 10 nitrogen and oxygen atoms in total. The second-order valence-electron chi connectivity index (χ2n) is 8.01. The summed E-state index contributed by atoms with van der Waals surface area (Å²) in [4.78, 5) is 38.9. The molecule has 10 heteroatoms. The largest absolute Gasteiger partial charge is 0.480 e. The first-order valence-electron chi connectivity index (χ1n) is 8.54. The molecule has 0 radical (unpaired) electrons. The average molecular weight is 397 g/mol. The van der Waals surface area contributed by atoms with Gasteiger partial charge in [0.2, 0.25) is 0 Å². The highest BCUT2D eigenvalue weighted by molar-refractivity contribution is 5.83. The number of carbonyl (C=O) groups excluding carboxylic acids is 2. The number of amides is 2. The molecule has 0 saturated heterocycles. The van der Waals surface area contributed by atoms with Gasteiger partial charge in [-0.2, -0.15) is 0 Å². The van der Waals surface area contributed by atoms with Crippen LogP contribution in [0.2, 0.25) is 0 Å². The predicted molar refractivity (Wildman–Crippen MR) is 99.8 cm³/mol. The van der Waals surface area contributed by atoms with E-state index in [0.29, 0.717) is 0 Å². The summed E-state index contributed by atoms with van der Waals surface area (Å²) in [6.45, 7) is 10.0. The van der Waals surface area contributed by atoms with Crippen LogP contribution in [0.15, 0.2) is 18.3 Å². The number of rotatable bonds is 5. The molecule has 0 saturated carbocycles. The number of aliphatic carboxylic acids is 1. The molecule has 0 aliphatic carbocycles. The summed E-state index contributed by atoms with van der Waals surface area (Å²) >= 11 is 0. The molecule has 1 rings (SSSR count). The number of aromatic nitrogens is 1. The molecule has 0 aliphatic heterocycles. The molecule has 0 fully saturated rings. The van der Waals surface area contributed by atoms with Crippen LogP contribution in [0.5, 0.6) is 0 Å². The van der Waals surface area contributed by atoms with Crippen LogP contribution in [0.25, 0.3) is 0 Å². The Hall–Kier alpha value is -2.88. The van der Waals surface area contributed by atoms with Crippen molar-refractivity contribution in [1.29, 1.82) is 0 Å². The number of nitrogens with one attached hydrogen (secondary N) is 2. The van der Waals surface area contributed by atoms with Crippen LogP contribution < -0.4 is 10.6 Å². The fourth-order valence-corrected chi connectivity index (χ4v) is 1.97. The van der Waals surface area contributed by atoms with Crippen molar-refractivity contribution in [2.45, 2.75) is 64.9 Å². The molecule has 156 valence electrons. The van der Waals surface area contributed by atoms with Gasteiger partial charge in [-0.25, -0.2) is 19.4 Å². The molecular formula is C18H27N3O7. The third kappa shape index (κ3) is 8.21. The van der Waals surface area contributed by atoms with Crippen molar-refractivity contribution >= 4 is 24.0 Å². The zero-order valence-corrected chi connectivity index (χ0v) is 16.8. The van der Waals surface area contributed by atoms with Crippen LogP contribution in [-0.4, -0.2) is 50.6 Å². The van der Waals surface area contributed by atoms with Crippen LogP contribution in [0, 0.1) is 0 Å². The van der Waals surface area contributed by atoms with Crippen LogP contribution in [0.4, 0.5) is 15.4 Å². The van der Waals surface area contributed by atoms with Crippen LogP contribution in [0.1, 0.15) is 53.2 Å². The van der Waals surface area contributed by atoms with E-state index in [1.165, 1.54) is 18.3 Å². The lowest BCUT2D eigenvalue weighted by Crippen LogP contribution is -2.46. The molecule has 1 aromatic rings. The second-order valence-corrected chi connectivity index (χ2v) is 8.01. The maximum absolute atomic E-state index is 11.8. The SMILES string of the molecule is CC(C)(C)OC(=O)Nc1ccc(C(O)C(NC(=O)OC(C)(C)C)C(=O)O)cn1. The Bertz CT molecular complexity index is 705. The van der Waals surface area contributed by atoms with Gasteiger partial charge in [0.05, 0.1) is 0 Å². The number of hydrogen-bond acceptors (Lipinski definition) is 7.